The smallest absolute Gasteiger partial charge is 0.311 e. The SMILES string of the molecule is CCOC(=O)C(CNC(=O)Cn1cnc2ccc(F)cc2c1=O)Cc1ccccc1. The molecule has 1 atom stereocenters. The lowest BCUT2D eigenvalue weighted by atomic mass is 9.99. The van der Waals surface area contributed by atoms with Gasteiger partial charge in [-0.2, -0.15) is 0 Å². The van der Waals surface area contributed by atoms with Crippen molar-refractivity contribution in [2.75, 3.05) is 13.2 Å². The second-order valence-corrected chi connectivity index (χ2v) is 6.78. The summed E-state index contributed by atoms with van der Waals surface area (Å²) in [5.74, 6) is -1.97. The summed E-state index contributed by atoms with van der Waals surface area (Å²) >= 11 is 0. The number of nitrogens with zero attached hydrogens (tertiary/aromatic N) is 2. The Balaban J connectivity index is 1.68. The van der Waals surface area contributed by atoms with E-state index in [0.29, 0.717) is 11.9 Å². The molecule has 0 bridgehead atoms. The van der Waals surface area contributed by atoms with Crippen LogP contribution in [0.3, 0.4) is 0 Å². The van der Waals surface area contributed by atoms with E-state index in [4.69, 9.17) is 4.74 Å². The zero-order valence-corrected chi connectivity index (χ0v) is 16.5. The van der Waals surface area contributed by atoms with Gasteiger partial charge in [-0.25, -0.2) is 9.37 Å². The summed E-state index contributed by atoms with van der Waals surface area (Å²) in [5.41, 5.74) is 0.783. The molecule has 0 radical (unpaired) electrons. The van der Waals surface area contributed by atoms with E-state index in [-0.39, 0.29) is 25.1 Å². The number of hydrogen-bond donors (Lipinski definition) is 1. The summed E-state index contributed by atoms with van der Waals surface area (Å²) in [6.45, 7) is 1.74. The van der Waals surface area contributed by atoms with Crippen molar-refractivity contribution < 1.29 is 18.7 Å². The van der Waals surface area contributed by atoms with Crippen molar-refractivity contribution in [1.29, 1.82) is 0 Å². The first-order valence-corrected chi connectivity index (χ1v) is 9.60. The Morgan fingerprint density at radius 1 is 1.20 bits per heavy atom. The normalized spacial score (nSPS) is 11.8. The molecule has 1 unspecified atom stereocenters. The molecule has 8 heteroatoms. The summed E-state index contributed by atoms with van der Waals surface area (Å²) < 4.78 is 19.7. The zero-order valence-electron chi connectivity index (χ0n) is 16.5. The highest BCUT2D eigenvalue weighted by molar-refractivity contribution is 5.79. The van der Waals surface area contributed by atoms with E-state index >= 15 is 0 Å². The van der Waals surface area contributed by atoms with Gasteiger partial charge < -0.3 is 10.1 Å². The second-order valence-electron chi connectivity index (χ2n) is 6.78. The van der Waals surface area contributed by atoms with Gasteiger partial charge in [0.05, 0.1) is 29.8 Å². The lowest BCUT2D eigenvalue weighted by molar-refractivity contribution is -0.147. The van der Waals surface area contributed by atoms with Crippen LogP contribution in [0.5, 0.6) is 0 Å². The van der Waals surface area contributed by atoms with Crippen LogP contribution < -0.4 is 10.9 Å². The molecule has 0 spiro atoms. The number of halogens is 1. The number of esters is 1. The first-order chi connectivity index (χ1) is 14.5. The maximum atomic E-state index is 13.4. The van der Waals surface area contributed by atoms with E-state index in [0.717, 1.165) is 16.2 Å². The molecule has 0 aliphatic heterocycles. The number of ether oxygens (including phenoxy) is 1. The summed E-state index contributed by atoms with van der Waals surface area (Å²) in [6, 6.07) is 13.1. The van der Waals surface area contributed by atoms with Crippen LogP contribution in [0.15, 0.2) is 59.7 Å². The highest BCUT2D eigenvalue weighted by atomic mass is 19.1. The predicted octanol–water partition coefficient (Wildman–Crippen LogP) is 2.07. The van der Waals surface area contributed by atoms with E-state index in [1.807, 2.05) is 30.3 Å². The van der Waals surface area contributed by atoms with Gasteiger partial charge in [0.25, 0.3) is 5.56 Å². The molecule has 1 N–H and O–H groups in total. The molecule has 3 aromatic rings. The zero-order chi connectivity index (χ0) is 21.5. The van der Waals surface area contributed by atoms with Crippen LogP contribution in [0.25, 0.3) is 10.9 Å². The van der Waals surface area contributed by atoms with E-state index in [2.05, 4.69) is 10.3 Å². The van der Waals surface area contributed by atoms with Crippen LogP contribution in [0.1, 0.15) is 12.5 Å². The second kappa shape index (κ2) is 9.78. The van der Waals surface area contributed by atoms with Gasteiger partial charge in [-0.3, -0.25) is 19.0 Å². The molecule has 0 fully saturated rings. The van der Waals surface area contributed by atoms with Gasteiger partial charge in [0, 0.05) is 6.54 Å². The van der Waals surface area contributed by atoms with E-state index in [1.165, 1.54) is 18.5 Å². The minimum atomic E-state index is -0.558. The summed E-state index contributed by atoms with van der Waals surface area (Å²) in [5, 5.41) is 2.77. The van der Waals surface area contributed by atoms with Crippen molar-refractivity contribution >= 4 is 22.8 Å². The number of carbonyl (C=O) groups is 2. The molecule has 0 aliphatic rings. The Morgan fingerprint density at radius 2 is 1.97 bits per heavy atom. The molecule has 30 heavy (non-hydrogen) atoms. The Hall–Kier alpha value is -3.55. The third-order valence-corrected chi connectivity index (χ3v) is 4.59. The van der Waals surface area contributed by atoms with Crippen molar-refractivity contribution in [3.05, 3.63) is 76.6 Å². The largest absolute Gasteiger partial charge is 0.466 e. The number of fused-ring (bicyclic) bond motifs is 1. The van der Waals surface area contributed by atoms with Gasteiger partial charge in [0.1, 0.15) is 12.4 Å². The number of aromatic nitrogens is 2. The van der Waals surface area contributed by atoms with Gasteiger partial charge >= 0.3 is 5.97 Å². The standard InChI is InChI=1S/C22H22FN3O4/c1-2-30-22(29)16(10-15-6-4-3-5-7-15)12-24-20(27)13-26-14-25-19-9-8-17(23)11-18(19)21(26)28/h3-9,11,14,16H,2,10,12-13H2,1H3,(H,24,27). The monoisotopic (exact) mass is 411 g/mol. The van der Waals surface area contributed by atoms with E-state index in [1.54, 1.807) is 6.92 Å². The third kappa shape index (κ3) is 5.28. The summed E-state index contributed by atoms with van der Waals surface area (Å²) in [4.78, 5) is 41.2. The Labute approximate surface area is 172 Å². The van der Waals surface area contributed by atoms with Crippen LogP contribution >= 0.6 is 0 Å². The number of nitrogens with one attached hydrogen (secondary N) is 1. The Morgan fingerprint density at radius 3 is 2.70 bits per heavy atom. The van der Waals surface area contributed by atoms with Gasteiger partial charge in [0.15, 0.2) is 0 Å². The molecule has 1 heterocycles. The van der Waals surface area contributed by atoms with Crippen LogP contribution in [0.2, 0.25) is 0 Å². The molecule has 7 nitrogen and oxygen atoms in total. The lowest BCUT2D eigenvalue weighted by Gasteiger charge is -2.17. The van der Waals surface area contributed by atoms with Gasteiger partial charge in [0.2, 0.25) is 5.91 Å². The molecule has 0 saturated carbocycles. The van der Waals surface area contributed by atoms with Crippen molar-refractivity contribution in [3.8, 4) is 0 Å². The van der Waals surface area contributed by atoms with E-state index < -0.39 is 29.2 Å². The summed E-state index contributed by atoms with van der Waals surface area (Å²) in [7, 11) is 0. The molecule has 0 aliphatic carbocycles. The molecular formula is C22H22FN3O4. The molecule has 3 rings (SSSR count). The average molecular weight is 411 g/mol. The highest BCUT2D eigenvalue weighted by Crippen LogP contribution is 2.11. The first kappa shape index (κ1) is 21.2. The van der Waals surface area contributed by atoms with Gasteiger partial charge in [-0.15, -0.1) is 0 Å². The van der Waals surface area contributed by atoms with E-state index in [9.17, 15) is 18.8 Å². The minimum Gasteiger partial charge on any atom is -0.466 e. The Bertz CT molecular complexity index is 1100. The fourth-order valence-electron chi connectivity index (χ4n) is 3.09. The van der Waals surface area contributed by atoms with Crippen molar-refractivity contribution in [1.82, 2.24) is 14.9 Å². The van der Waals surface area contributed by atoms with Gasteiger partial charge in [-0.05, 0) is 37.1 Å². The van der Waals surface area contributed by atoms with Crippen molar-refractivity contribution in [3.63, 3.8) is 0 Å². The fourth-order valence-corrected chi connectivity index (χ4v) is 3.09. The molecular weight excluding hydrogens is 389 g/mol. The van der Waals surface area contributed by atoms with Crippen molar-refractivity contribution in [2.24, 2.45) is 5.92 Å². The molecule has 156 valence electrons. The maximum Gasteiger partial charge on any atom is 0.311 e. The van der Waals surface area contributed by atoms with Crippen LogP contribution in [0, 0.1) is 11.7 Å². The molecule has 0 saturated heterocycles. The Kier molecular flexibility index (Phi) is 6.90. The lowest BCUT2D eigenvalue weighted by Crippen LogP contribution is -2.38. The summed E-state index contributed by atoms with van der Waals surface area (Å²) in [6.07, 6.45) is 1.66. The predicted molar refractivity (Wildman–Crippen MR) is 109 cm³/mol. The minimum absolute atomic E-state index is 0.0664. The third-order valence-electron chi connectivity index (χ3n) is 4.59. The molecule has 1 aromatic heterocycles. The quantitative estimate of drug-likeness (QED) is 0.573. The maximum absolute atomic E-state index is 13.4. The topological polar surface area (TPSA) is 90.3 Å². The van der Waals surface area contributed by atoms with Crippen LogP contribution in [0.4, 0.5) is 4.39 Å². The number of benzene rings is 2. The average Bonchev–Trinajstić information content (AvgIpc) is 2.74. The van der Waals surface area contributed by atoms with Crippen LogP contribution in [-0.4, -0.2) is 34.6 Å². The fraction of sp³-hybridized carbons (Fsp3) is 0.273. The molecule has 1 amide bonds. The number of hydrogen-bond acceptors (Lipinski definition) is 5. The molecule has 2 aromatic carbocycles. The number of amides is 1. The first-order valence-electron chi connectivity index (χ1n) is 9.60. The van der Waals surface area contributed by atoms with Gasteiger partial charge in [-0.1, -0.05) is 30.3 Å². The van der Waals surface area contributed by atoms with Crippen LogP contribution in [-0.2, 0) is 27.3 Å². The number of carbonyl (C=O) groups excluding carboxylic acids is 2. The highest BCUT2D eigenvalue weighted by Gasteiger charge is 2.21. The number of rotatable bonds is 8. The van der Waals surface area contributed by atoms with Crippen molar-refractivity contribution in [2.45, 2.75) is 19.9 Å².